The highest BCUT2D eigenvalue weighted by molar-refractivity contribution is 7.92. The first-order chi connectivity index (χ1) is 13.8. The maximum absolute atomic E-state index is 13.1. The molecule has 0 fully saturated rings. The summed E-state index contributed by atoms with van der Waals surface area (Å²) in [4.78, 5) is 4.31. The zero-order valence-electron chi connectivity index (χ0n) is 15.8. The Bertz CT molecular complexity index is 1290. The number of nitrogens with zero attached hydrogens (tertiary/aromatic N) is 1. The molecule has 1 N–H and O–H groups in total. The van der Waals surface area contributed by atoms with Crippen LogP contribution in [0, 0.1) is 6.92 Å². The second kappa shape index (κ2) is 7.37. The third kappa shape index (κ3) is 3.71. The highest BCUT2D eigenvalue weighted by atomic mass is 32.2. The fourth-order valence-electron chi connectivity index (χ4n) is 3.60. The molecule has 150 valence electrons. The van der Waals surface area contributed by atoms with Crippen molar-refractivity contribution in [3.05, 3.63) is 83.2 Å². The van der Waals surface area contributed by atoms with Crippen molar-refractivity contribution in [2.75, 3.05) is 6.54 Å². The van der Waals surface area contributed by atoms with Crippen LogP contribution in [-0.2, 0) is 32.7 Å². The number of pyridine rings is 1. The van der Waals surface area contributed by atoms with Gasteiger partial charge in [-0.3, -0.25) is 4.98 Å². The van der Waals surface area contributed by atoms with E-state index in [0.29, 0.717) is 24.0 Å². The number of nitrogens with one attached hydrogen (secondary N) is 1. The van der Waals surface area contributed by atoms with Crippen molar-refractivity contribution in [1.82, 2.24) is 9.71 Å². The normalized spacial score (nSPS) is 14.8. The summed E-state index contributed by atoms with van der Waals surface area (Å²) >= 11 is 0. The molecule has 0 atom stereocenters. The van der Waals surface area contributed by atoms with Crippen LogP contribution in [0.25, 0.3) is 0 Å². The zero-order chi connectivity index (χ0) is 20.6. The Labute approximate surface area is 170 Å². The fourth-order valence-corrected chi connectivity index (χ4v) is 6.68. The minimum Gasteiger partial charge on any atom is -0.264 e. The van der Waals surface area contributed by atoms with Crippen LogP contribution < -0.4 is 4.72 Å². The number of aromatic nitrogens is 1. The molecule has 0 bridgehead atoms. The molecule has 2 aromatic carbocycles. The molecule has 4 rings (SSSR count). The van der Waals surface area contributed by atoms with Gasteiger partial charge in [-0.25, -0.2) is 21.6 Å². The monoisotopic (exact) mass is 428 g/mol. The molecule has 0 unspecified atom stereocenters. The van der Waals surface area contributed by atoms with Gasteiger partial charge in [-0.2, -0.15) is 0 Å². The number of hydrogen-bond donors (Lipinski definition) is 1. The predicted molar refractivity (Wildman–Crippen MR) is 109 cm³/mol. The first-order valence-electron chi connectivity index (χ1n) is 9.14. The topological polar surface area (TPSA) is 93.2 Å². The third-order valence-electron chi connectivity index (χ3n) is 5.01. The number of hydrogen-bond acceptors (Lipinski definition) is 5. The Hall–Kier alpha value is -2.55. The van der Waals surface area contributed by atoms with E-state index < -0.39 is 19.9 Å². The van der Waals surface area contributed by atoms with Gasteiger partial charge in [0.2, 0.25) is 19.9 Å². The van der Waals surface area contributed by atoms with Crippen molar-refractivity contribution >= 4 is 19.9 Å². The van der Waals surface area contributed by atoms with Gasteiger partial charge in [0.1, 0.15) is 0 Å². The second-order valence-corrected chi connectivity index (χ2v) is 10.6. The third-order valence-corrected chi connectivity index (χ3v) is 8.55. The van der Waals surface area contributed by atoms with Crippen LogP contribution in [0.3, 0.4) is 0 Å². The second-order valence-electron chi connectivity index (χ2n) is 7.02. The molecule has 0 spiro atoms. The van der Waals surface area contributed by atoms with Crippen LogP contribution in [0.5, 0.6) is 0 Å². The summed E-state index contributed by atoms with van der Waals surface area (Å²) in [7, 11) is -7.62. The number of fused-ring (bicyclic) bond motifs is 2. The van der Waals surface area contributed by atoms with Crippen LogP contribution >= 0.6 is 0 Å². The molecule has 6 nitrogen and oxygen atoms in total. The average molecular weight is 429 g/mol. The Morgan fingerprint density at radius 3 is 2.59 bits per heavy atom. The maximum atomic E-state index is 13.1. The molecule has 0 saturated carbocycles. The Kier molecular flexibility index (Phi) is 5.02. The highest BCUT2D eigenvalue weighted by Crippen LogP contribution is 2.36. The van der Waals surface area contributed by atoms with E-state index in [1.54, 1.807) is 55.7 Å². The molecule has 29 heavy (non-hydrogen) atoms. The maximum Gasteiger partial charge on any atom is 0.240 e. The first-order valence-corrected chi connectivity index (χ1v) is 12.1. The molecular formula is C21H20N2O4S2. The Morgan fingerprint density at radius 1 is 1.03 bits per heavy atom. The lowest BCUT2D eigenvalue weighted by Crippen LogP contribution is -2.27. The minimum absolute atomic E-state index is 0.00890. The number of rotatable bonds is 5. The number of sulfone groups is 1. The summed E-state index contributed by atoms with van der Waals surface area (Å²) < 4.78 is 54.4. The van der Waals surface area contributed by atoms with E-state index in [2.05, 4.69) is 9.71 Å². The molecule has 1 aromatic heterocycles. The van der Waals surface area contributed by atoms with E-state index in [9.17, 15) is 16.8 Å². The standard InChI is InChI=1S/C21H20N2O4S2/c1-15-11-18-12-17-6-2-3-7-19(17)28(24,25)21(18)13-20(15)29(26,27)23-10-8-16-5-4-9-22-14-16/h2-7,9,11,13-14,23H,8,10,12H2,1H3. The molecule has 8 heteroatoms. The van der Waals surface area contributed by atoms with Gasteiger partial charge >= 0.3 is 0 Å². The smallest absolute Gasteiger partial charge is 0.240 e. The predicted octanol–water partition coefficient (Wildman–Crippen LogP) is 2.65. The molecular weight excluding hydrogens is 408 g/mol. The SMILES string of the molecule is Cc1cc2c(cc1S(=O)(=O)NCCc1cccnc1)S(=O)(=O)c1ccccc1C2. The summed E-state index contributed by atoms with van der Waals surface area (Å²) in [6.07, 6.45) is 4.29. The van der Waals surface area contributed by atoms with Gasteiger partial charge in [-0.15, -0.1) is 0 Å². The van der Waals surface area contributed by atoms with E-state index in [-0.39, 0.29) is 21.2 Å². The number of sulfonamides is 1. The first kappa shape index (κ1) is 19.8. The molecule has 0 aliphatic carbocycles. The van der Waals surface area contributed by atoms with Gasteiger partial charge in [0.25, 0.3) is 0 Å². The molecule has 2 heterocycles. The molecule has 1 aliphatic heterocycles. The molecule has 0 radical (unpaired) electrons. The van der Waals surface area contributed by atoms with Gasteiger partial charge in [0, 0.05) is 25.4 Å². The van der Waals surface area contributed by atoms with Gasteiger partial charge in [-0.05, 0) is 53.8 Å². The average Bonchev–Trinajstić information content (AvgIpc) is 2.68. The molecule has 3 aromatic rings. The lowest BCUT2D eigenvalue weighted by molar-refractivity contribution is 0.580. The van der Waals surface area contributed by atoms with Crippen molar-refractivity contribution in [2.45, 2.75) is 34.5 Å². The lowest BCUT2D eigenvalue weighted by atomic mass is 10.0. The van der Waals surface area contributed by atoms with Crippen LogP contribution in [0.2, 0.25) is 0 Å². The van der Waals surface area contributed by atoms with E-state index >= 15 is 0 Å². The lowest BCUT2D eigenvalue weighted by Gasteiger charge is -2.21. The fraction of sp³-hybridized carbons (Fsp3) is 0.190. The number of aryl methyl sites for hydroxylation is 1. The minimum atomic E-state index is -3.86. The van der Waals surface area contributed by atoms with Crippen LogP contribution in [0.15, 0.2) is 75.6 Å². The Morgan fingerprint density at radius 2 is 1.83 bits per heavy atom. The number of benzene rings is 2. The van der Waals surface area contributed by atoms with E-state index in [4.69, 9.17) is 0 Å². The van der Waals surface area contributed by atoms with Crippen molar-refractivity contribution in [1.29, 1.82) is 0 Å². The van der Waals surface area contributed by atoms with E-state index in [1.165, 1.54) is 6.07 Å². The van der Waals surface area contributed by atoms with Gasteiger partial charge in [0.05, 0.1) is 14.7 Å². The Balaban J connectivity index is 1.66. The van der Waals surface area contributed by atoms with E-state index in [0.717, 1.165) is 11.1 Å². The zero-order valence-corrected chi connectivity index (χ0v) is 17.4. The summed E-state index contributed by atoms with van der Waals surface area (Å²) in [5.41, 5.74) is 2.78. The highest BCUT2D eigenvalue weighted by Gasteiger charge is 2.31. The summed E-state index contributed by atoms with van der Waals surface area (Å²) in [6.45, 7) is 1.88. The molecule has 0 amide bonds. The van der Waals surface area contributed by atoms with Gasteiger partial charge in [0.15, 0.2) is 0 Å². The van der Waals surface area contributed by atoms with Gasteiger partial charge < -0.3 is 0 Å². The molecule has 1 aliphatic rings. The molecule has 0 saturated heterocycles. The van der Waals surface area contributed by atoms with Crippen molar-refractivity contribution < 1.29 is 16.8 Å². The van der Waals surface area contributed by atoms with Crippen molar-refractivity contribution in [3.8, 4) is 0 Å². The van der Waals surface area contributed by atoms with Crippen LogP contribution in [-0.4, -0.2) is 28.4 Å². The van der Waals surface area contributed by atoms with Crippen molar-refractivity contribution in [3.63, 3.8) is 0 Å². The quantitative estimate of drug-likeness (QED) is 0.527. The summed E-state index contributed by atoms with van der Waals surface area (Å²) in [5.74, 6) is 0. The van der Waals surface area contributed by atoms with E-state index in [1.807, 2.05) is 6.07 Å². The summed E-state index contributed by atoms with van der Waals surface area (Å²) in [6, 6.07) is 13.4. The van der Waals surface area contributed by atoms with Crippen molar-refractivity contribution in [2.24, 2.45) is 0 Å². The van der Waals surface area contributed by atoms with Gasteiger partial charge in [-0.1, -0.05) is 30.3 Å². The largest absolute Gasteiger partial charge is 0.264 e. The van der Waals surface area contributed by atoms with Crippen LogP contribution in [0.4, 0.5) is 0 Å². The summed E-state index contributed by atoms with van der Waals surface area (Å²) in [5, 5.41) is 0. The van der Waals surface area contributed by atoms with Crippen LogP contribution in [0.1, 0.15) is 22.3 Å².